The van der Waals surface area contributed by atoms with Gasteiger partial charge in [0.15, 0.2) is 12.6 Å². The lowest BCUT2D eigenvalue weighted by Gasteiger charge is -2.42. The molecule has 14 heteroatoms. The molecule has 7 N–H and O–H groups in total. The molecule has 2 fully saturated rings. The normalized spacial score (nSPS) is 25.5. The highest BCUT2D eigenvalue weighted by Gasteiger charge is 2.47. The maximum absolute atomic E-state index is 13.1. The molecule has 2 saturated heterocycles. The molecule has 0 aromatic heterocycles. The first-order chi connectivity index (χ1) is 35.6. The number of ether oxygens (including phenoxy) is 6. The van der Waals surface area contributed by atoms with Crippen LogP contribution in [0, 0.1) is 0 Å². The molecule has 0 radical (unpaired) electrons. The fourth-order valence-electron chi connectivity index (χ4n) is 8.60. The molecule has 2 heterocycles. The third-order valence-electron chi connectivity index (χ3n) is 13.2. The predicted molar refractivity (Wildman–Crippen MR) is 289 cm³/mol. The number of unbranched alkanes of at least 4 members (excludes halogenated alkanes) is 19. The van der Waals surface area contributed by atoms with E-state index in [1.54, 1.807) is 0 Å². The van der Waals surface area contributed by atoms with Crippen LogP contribution in [-0.2, 0) is 33.2 Å². The Hall–Kier alpha value is -2.57. The summed E-state index contributed by atoms with van der Waals surface area (Å²) in [6, 6.07) is 0. The molecule has 422 valence electrons. The first-order valence-electron chi connectivity index (χ1n) is 28.5. The van der Waals surface area contributed by atoms with E-state index >= 15 is 0 Å². The lowest BCUT2D eigenvalue weighted by molar-refractivity contribution is -0.332. The van der Waals surface area contributed by atoms with E-state index in [9.17, 15) is 40.5 Å². The summed E-state index contributed by atoms with van der Waals surface area (Å²) in [5.74, 6) is -0.389. The molecule has 0 saturated carbocycles. The maximum atomic E-state index is 13.1. The van der Waals surface area contributed by atoms with Gasteiger partial charge >= 0.3 is 5.97 Å². The zero-order valence-corrected chi connectivity index (χ0v) is 45.1. The van der Waals surface area contributed by atoms with Crippen molar-refractivity contribution in [3.05, 3.63) is 72.9 Å². The highest BCUT2D eigenvalue weighted by atomic mass is 16.7. The third-order valence-corrected chi connectivity index (χ3v) is 13.2. The topological polar surface area (TPSA) is 214 Å². The summed E-state index contributed by atoms with van der Waals surface area (Å²) in [4.78, 5) is 13.1. The van der Waals surface area contributed by atoms with Crippen LogP contribution in [0.4, 0.5) is 0 Å². The van der Waals surface area contributed by atoms with Crippen LogP contribution >= 0.6 is 0 Å². The molecule has 0 aliphatic carbocycles. The Balaban J connectivity index is 1.74. The molecule has 2 aliphatic rings. The average molecular weight is 1040 g/mol. The second kappa shape index (κ2) is 45.6. The Bertz CT molecular complexity index is 1480. The van der Waals surface area contributed by atoms with Crippen LogP contribution in [0.25, 0.3) is 0 Å². The molecule has 0 bridgehead atoms. The fourth-order valence-corrected chi connectivity index (χ4v) is 8.60. The SMILES string of the molecule is CC/C=C\C/C=C\C/C=C\C/C=C\CCCCCCCOCC(COC1OC(COC2OC(CO)C(O)C(O)C2O)C(O)C(O)C1O)OC(=O)CCCCCCCCCCC/C=C\C/C=C\CCCCCCC. The van der Waals surface area contributed by atoms with Crippen molar-refractivity contribution in [3.8, 4) is 0 Å². The largest absolute Gasteiger partial charge is 0.457 e. The summed E-state index contributed by atoms with van der Waals surface area (Å²) in [6.07, 6.45) is 41.0. The van der Waals surface area contributed by atoms with Crippen LogP contribution in [0.3, 0.4) is 0 Å². The van der Waals surface area contributed by atoms with Gasteiger partial charge in [-0.15, -0.1) is 0 Å². The van der Waals surface area contributed by atoms with Gasteiger partial charge in [0.25, 0.3) is 0 Å². The van der Waals surface area contributed by atoms with Crippen LogP contribution in [0.5, 0.6) is 0 Å². The highest BCUT2D eigenvalue weighted by molar-refractivity contribution is 5.69. The molecule has 73 heavy (non-hydrogen) atoms. The van der Waals surface area contributed by atoms with Gasteiger partial charge in [0.2, 0.25) is 0 Å². The Morgan fingerprint density at radius 1 is 0.466 bits per heavy atom. The Kier molecular flexibility index (Phi) is 41.6. The van der Waals surface area contributed by atoms with Gasteiger partial charge in [-0.05, 0) is 83.5 Å². The molecule has 2 aliphatic heterocycles. The van der Waals surface area contributed by atoms with E-state index in [4.69, 9.17) is 28.4 Å². The lowest BCUT2D eigenvalue weighted by Crippen LogP contribution is -2.61. The third kappa shape index (κ3) is 32.6. The van der Waals surface area contributed by atoms with Crippen molar-refractivity contribution in [1.82, 2.24) is 0 Å². The van der Waals surface area contributed by atoms with Gasteiger partial charge in [0, 0.05) is 13.0 Å². The summed E-state index contributed by atoms with van der Waals surface area (Å²) in [7, 11) is 0. The van der Waals surface area contributed by atoms with Crippen molar-refractivity contribution >= 4 is 5.97 Å². The molecule has 0 aromatic rings. The fraction of sp³-hybridized carbons (Fsp3) is 0.780. The summed E-state index contributed by atoms with van der Waals surface area (Å²) in [5, 5.41) is 72.3. The predicted octanol–water partition coefficient (Wildman–Crippen LogP) is 9.86. The van der Waals surface area contributed by atoms with Gasteiger partial charge in [-0.1, -0.05) is 177 Å². The standard InChI is InChI=1S/C59H102O14/c1-3-5-7-9-11-13-15-17-19-21-23-24-25-26-28-30-32-34-36-38-40-42-51(61)71-48(45-68-43-41-39-37-35-33-31-29-27-22-20-18-16-14-12-10-8-6-4-2)46-69-58-57(67)55(65)53(63)50(73-58)47-70-59-56(66)54(64)52(62)49(44-60)72-59/h6,8,12,14-15,17-18,20-21,23,27,29,48-50,52-60,62-67H,3-5,7,9-11,13,16,19,22,24-26,28,30-47H2,1-2H3/b8-6-,14-12-,17-15-,20-18-,23-21-,29-27-. The van der Waals surface area contributed by atoms with Crippen molar-refractivity contribution in [1.29, 1.82) is 0 Å². The Morgan fingerprint density at radius 2 is 0.890 bits per heavy atom. The van der Waals surface area contributed by atoms with E-state index in [0.29, 0.717) is 13.0 Å². The zero-order valence-electron chi connectivity index (χ0n) is 45.1. The number of rotatable bonds is 45. The van der Waals surface area contributed by atoms with Crippen LogP contribution in [-0.4, -0.2) is 142 Å². The number of aliphatic hydroxyl groups excluding tert-OH is 7. The monoisotopic (exact) mass is 1030 g/mol. The van der Waals surface area contributed by atoms with Crippen molar-refractivity contribution in [2.75, 3.05) is 33.0 Å². The molecule has 11 unspecified atom stereocenters. The van der Waals surface area contributed by atoms with E-state index in [0.717, 1.165) is 96.3 Å². The van der Waals surface area contributed by atoms with E-state index in [1.807, 2.05) is 0 Å². The van der Waals surface area contributed by atoms with Crippen LogP contribution in [0.2, 0.25) is 0 Å². The number of carbonyl (C=O) groups excluding carboxylic acids is 1. The lowest BCUT2D eigenvalue weighted by atomic mass is 9.98. The van der Waals surface area contributed by atoms with Gasteiger partial charge in [0.1, 0.15) is 54.9 Å². The zero-order chi connectivity index (χ0) is 53.0. The smallest absolute Gasteiger partial charge is 0.306 e. The molecule has 2 rings (SSSR count). The summed E-state index contributed by atoms with van der Waals surface area (Å²) in [5.41, 5.74) is 0. The van der Waals surface area contributed by atoms with E-state index in [2.05, 4.69) is 86.8 Å². The molecule has 11 atom stereocenters. The second-order valence-electron chi connectivity index (χ2n) is 19.7. The highest BCUT2D eigenvalue weighted by Crippen LogP contribution is 2.26. The number of esters is 1. The molecule has 0 spiro atoms. The number of aliphatic hydroxyl groups is 7. The number of hydrogen-bond donors (Lipinski definition) is 7. The van der Waals surface area contributed by atoms with Gasteiger partial charge in [-0.25, -0.2) is 0 Å². The molecule has 14 nitrogen and oxygen atoms in total. The van der Waals surface area contributed by atoms with Crippen molar-refractivity contribution in [2.24, 2.45) is 0 Å². The van der Waals surface area contributed by atoms with Crippen molar-refractivity contribution in [2.45, 2.75) is 261 Å². The van der Waals surface area contributed by atoms with Crippen molar-refractivity contribution < 1.29 is 69.0 Å². The van der Waals surface area contributed by atoms with E-state index in [1.165, 1.54) is 70.6 Å². The number of hydrogen-bond acceptors (Lipinski definition) is 14. The minimum atomic E-state index is -1.71. The van der Waals surface area contributed by atoms with Crippen LogP contribution in [0.15, 0.2) is 72.9 Å². The van der Waals surface area contributed by atoms with Crippen LogP contribution in [0.1, 0.15) is 194 Å². The Morgan fingerprint density at radius 3 is 1.40 bits per heavy atom. The molecule has 0 aromatic carbocycles. The Labute approximate surface area is 440 Å². The first-order valence-corrected chi connectivity index (χ1v) is 28.5. The van der Waals surface area contributed by atoms with Crippen LogP contribution < -0.4 is 0 Å². The van der Waals surface area contributed by atoms with Gasteiger partial charge in [-0.3, -0.25) is 4.79 Å². The number of carbonyl (C=O) groups is 1. The van der Waals surface area contributed by atoms with E-state index < -0.39 is 80.7 Å². The van der Waals surface area contributed by atoms with Crippen molar-refractivity contribution in [3.63, 3.8) is 0 Å². The van der Waals surface area contributed by atoms with Gasteiger partial charge in [0.05, 0.1) is 26.4 Å². The minimum absolute atomic E-state index is 0.0438. The second-order valence-corrected chi connectivity index (χ2v) is 19.7. The quantitative estimate of drug-likeness (QED) is 0.0172. The maximum Gasteiger partial charge on any atom is 0.306 e. The van der Waals surface area contributed by atoms with E-state index in [-0.39, 0.29) is 25.6 Å². The number of allylic oxidation sites excluding steroid dienone is 12. The summed E-state index contributed by atoms with van der Waals surface area (Å²) < 4.78 is 34.3. The summed E-state index contributed by atoms with van der Waals surface area (Å²) >= 11 is 0. The molecule has 0 amide bonds. The molecular weight excluding hydrogens is 933 g/mol. The van der Waals surface area contributed by atoms with Gasteiger partial charge in [-0.2, -0.15) is 0 Å². The first kappa shape index (κ1) is 66.5. The summed E-state index contributed by atoms with van der Waals surface area (Å²) in [6.45, 7) is 3.51. The van der Waals surface area contributed by atoms with Gasteiger partial charge < -0.3 is 64.2 Å². The minimum Gasteiger partial charge on any atom is -0.457 e. The average Bonchev–Trinajstić information content (AvgIpc) is 3.39. The molecular formula is C59H102O14.